The fraction of sp³-hybridized carbons (Fsp3) is 0.345. The van der Waals surface area contributed by atoms with Gasteiger partial charge in [-0.15, -0.1) is 0 Å². The van der Waals surface area contributed by atoms with Crippen LogP contribution in [-0.4, -0.2) is 44.4 Å². The lowest BCUT2D eigenvalue weighted by Gasteiger charge is -2.37. The second kappa shape index (κ2) is 9.30. The van der Waals surface area contributed by atoms with Crippen LogP contribution in [-0.2, 0) is 18.3 Å². The molecule has 0 aliphatic carbocycles. The summed E-state index contributed by atoms with van der Waals surface area (Å²) in [7, 11) is 1.91. The van der Waals surface area contributed by atoms with Gasteiger partial charge in [0.2, 0.25) is 0 Å². The molecule has 2 heterocycles. The average Bonchev–Trinajstić information content (AvgIpc) is 3.52. The van der Waals surface area contributed by atoms with Crippen molar-refractivity contribution in [3.8, 4) is 5.75 Å². The van der Waals surface area contributed by atoms with Crippen molar-refractivity contribution >= 4 is 6.21 Å². The third kappa shape index (κ3) is 3.98. The molecule has 3 aromatic carbocycles. The van der Waals surface area contributed by atoms with Crippen molar-refractivity contribution in [3.63, 3.8) is 0 Å². The van der Waals surface area contributed by atoms with E-state index >= 15 is 0 Å². The van der Waals surface area contributed by atoms with Crippen LogP contribution in [0, 0.1) is 5.92 Å². The summed E-state index contributed by atoms with van der Waals surface area (Å²) in [6.07, 6.45) is 5.51. The van der Waals surface area contributed by atoms with E-state index in [2.05, 4.69) is 95.0 Å². The number of hydrogen-bond donors (Lipinski definition) is 0. The molecule has 0 N–H and O–H groups in total. The maximum Gasteiger partial charge on any atom is 0.122 e. The molecule has 0 aromatic heterocycles. The van der Waals surface area contributed by atoms with E-state index in [9.17, 15) is 0 Å². The van der Waals surface area contributed by atoms with Crippen molar-refractivity contribution in [2.24, 2.45) is 10.9 Å². The van der Waals surface area contributed by atoms with Gasteiger partial charge in [-0.25, -0.2) is 0 Å². The van der Waals surface area contributed by atoms with Crippen LogP contribution in [0.2, 0.25) is 0 Å². The van der Waals surface area contributed by atoms with E-state index in [0.717, 1.165) is 44.8 Å². The van der Waals surface area contributed by atoms with Crippen LogP contribution in [0.25, 0.3) is 0 Å². The van der Waals surface area contributed by atoms with Crippen molar-refractivity contribution in [1.29, 1.82) is 0 Å². The lowest BCUT2D eigenvalue weighted by atomic mass is 9.66. The van der Waals surface area contributed by atoms with Crippen molar-refractivity contribution < 1.29 is 4.74 Å². The molecule has 0 spiro atoms. The van der Waals surface area contributed by atoms with Crippen LogP contribution in [0.3, 0.4) is 0 Å². The molecule has 32 heavy (non-hydrogen) atoms. The van der Waals surface area contributed by atoms with Crippen LogP contribution in [0.15, 0.2) is 83.9 Å². The third-order valence-corrected chi connectivity index (χ3v) is 7.22. The van der Waals surface area contributed by atoms with Gasteiger partial charge in [0.25, 0.3) is 0 Å². The van der Waals surface area contributed by atoms with E-state index in [4.69, 9.17) is 4.74 Å². The first-order chi connectivity index (χ1) is 15.8. The Bertz CT molecular complexity index is 1020. The fourth-order valence-corrected chi connectivity index (χ4v) is 5.61. The molecule has 2 aliphatic heterocycles. The van der Waals surface area contributed by atoms with E-state index in [-0.39, 0.29) is 5.41 Å². The molecule has 0 unspecified atom stereocenters. The highest BCUT2D eigenvalue weighted by molar-refractivity contribution is 5.80. The predicted octanol–water partition coefficient (Wildman–Crippen LogP) is 5.17. The molecule has 3 aromatic rings. The molecule has 1 fully saturated rings. The number of hydrogen-bond acceptors (Lipinski definition) is 3. The van der Waals surface area contributed by atoms with Crippen LogP contribution in [0.1, 0.15) is 28.7 Å². The third-order valence-electron chi connectivity index (χ3n) is 7.22. The number of benzene rings is 3. The predicted molar refractivity (Wildman–Crippen MR) is 132 cm³/mol. The molecule has 1 atom stereocenters. The smallest absolute Gasteiger partial charge is 0.122 e. The number of aliphatic imine (C=N–C) groups is 1. The first-order valence-corrected chi connectivity index (χ1v) is 11.8. The van der Waals surface area contributed by atoms with Gasteiger partial charge in [-0.3, -0.25) is 4.99 Å². The maximum absolute atomic E-state index is 5.67. The Morgan fingerprint density at radius 1 is 1.00 bits per heavy atom. The van der Waals surface area contributed by atoms with Crippen LogP contribution in [0.4, 0.5) is 0 Å². The molecular formula is C29H32N2O. The summed E-state index contributed by atoms with van der Waals surface area (Å²) in [5.74, 6) is 1.56. The molecule has 1 saturated heterocycles. The number of nitrogens with zero attached hydrogens (tertiary/aromatic N) is 2. The molecule has 0 amide bonds. The van der Waals surface area contributed by atoms with Crippen LogP contribution >= 0.6 is 0 Å². The van der Waals surface area contributed by atoms with Crippen molar-refractivity contribution in [3.05, 3.63) is 101 Å². The van der Waals surface area contributed by atoms with Crippen LogP contribution < -0.4 is 4.74 Å². The Morgan fingerprint density at radius 2 is 1.72 bits per heavy atom. The largest absolute Gasteiger partial charge is 0.493 e. The minimum Gasteiger partial charge on any atom is -0.493 e. The normalized spacial score (nSPS) is 18.7. The topological polar surface area (TPSA) is 24.8 Å². The minimum absolute atomic E-state index is 0.197. The van der Waals surface area contributed by atoms with E-state index in [1.807, 2.05) is 7.05 Å². The Balaban J connectivity index is 1.37. The Morgan fingerprint density at radius 3 is 2.41 bits per heavy atom. The average molecular weight is 425 g/mol. The van der Waals surface area contributed by atoms with Gasteiger partial charge in [0.05, 0.1) is 12.0 Å². The van der Waals surface area contributed by atoms with Crippen molar-refractivity contribution in [2.75, 3.05) is 33.3 Å². The summed E-state index contributed by atoms with van der Waals surface area (Å²) in [6.45, 7) is 4.15. The summed E-state index contributed by atoms with van der Waals surface area (Å²) >= 11 is 0. The molecule has 0 bridgehead atoms. The Labute approximate surface area is 191 Å². The highest BCUT2D eigenvalue weighted by atomic mass is 16.5. The van der Waals surface area contributed by atoms with Crippen LogP contribution in [0.5, 0.6) is 5.75 Å². The summed E-state index contributed by atoms with van der Waals surface area (Å²) < 4.78 is 5.67. The molecule has 0 radical (unpaired) electrons. The number of fused-ring (bicyclic) bond motifs is 1. The summed E-state index contributed by atoms with van der Waals surface area (Å²) in [6, 6.07) is 28.6. The molecule has 0 saturated carbocycles. The number of likely N-dealkylation sites (tertiary alicyclic amines) is 1. The lowest BCUT2D eigenvalue weighted by molar-refractivity contribution is 0.313. The second-order valence-corrected chi connectivity index (χ2v) is 9.07. The molecule has 3 heteroatoms. The quantitative estimate of drug-likeness (QED) is 0.489. The Kier molecular flexibility index (Phi) is 6.09. The molecule has 2 aliphatic rings. The molecular weight excluding hydrogens is 392 g/mol. The van der Waals surface area contributed by atoms with Gasteiger partial charge in [0.1, 0.15) is 5.75 Å². The highest BCUT2D eigenvalue weighted by Crippen LogP contribution is 2.42. The van der Waals surface area contributed by atoms with Gasteiger partial charge >= 0.3 is 0 Å². The first kappa shape index (κ1) is 21.0. The Hall–Kier alpha value is -2.91. The highest BCUT2D eigenvalue weighted by Gasteiger charge is 2.43. The van der Waals surface area contributed by atoms with Gasteiger partial charge in [-0.1, -0.05) is 72.8 Å². The summed E-state index contributed by atoms with van der Waals surface area (Å²) in [4.78, 5) is 7.24. The monoisotopic (exact) mass is 424 g/mol. The molecule has 164 valence electrons. The van der Waals surface area contributed by atoms with Gasteiger partial charge in [-0.2, -0.15) is 0 Å². The summed E-state index contributed by atoms with van der Waals surface area (Å²) in [5, 5.41) is 0. The fourth-order valence-electron chi connectivity index (χ4n) is 5.61. The summed E-state index contributed by atoms with van der Waals surface area (Å²) in [5.41, 5.74) is 5.26. The standard InChI is InChI=1S/C29H32N2O/c1-30-22-29(25-8-4-2-5-9-25,26-10-6-3-7-11-26)27-15-18-31(21-27)17-14-23-12-13-28-24(20-23)16-19-32-28/h2-13,20,22,27H,14-19,21H2,1H3/b30-22+/t27-/m1/s1. The maximum atomic E-state index is 5.67. The van der Waals surface area contributed by atoms with Gasteiger partial charge in [-0.05, 0) is 53.6 Å². The SMILES string of the molecule is C/N=C/C(c1ccccc1)(c1ccccc1)[C@@H]1CCN(CCc2ccc3c(c2)CCO3)C1. The van der Waals surface area contributed by atoms with E-state index < -0.39 is 0 Å². The molecule has 5 rings (SSSR count). The van der Waals surface area contributed by atoms with E-state index in [1.165, 1.54) is 28.7 Å². The number of rotatable bonds is 7. The van der Waals surface area contributed by atoms with Crippen molar-refractivity contribution in [1.82, 2.24) is 4.90 Å². The van der Waals surface area contributed by atoms with Gasteiger partial charge in [0.15, 0.2) is 0 Å². The minimum atomic E-state index is -0.197. The molecule has 3 nitrogen and oxygen atoms in total. The van der Waals surface area contributed by atoms with Gasteiger partial charge in [0, 0.05) is 32.8 Å². The zero-order chi connectivity index (χ0) is 21.8. The van der Waals surface area contributed by atoms with E-state index in [0.29, 0.717) is 5.92 Å². The second-order valence-electron chi connectivity index (χ2n) is 9.07. The zero-order valence-corrected chi connectivity index (χ0v) is 18.9. The first-order valence-electron chi connectivity index (χ1n) is 11.8. The van der Waals surface area contributed by atoms with Crippen molar-refractivity contribution in [2.45, 2.75) is 24.7 Å². The zero-order valence-electron chi connectivity index (χ0n) is 18.9. The van der Waals surface area contributed by atoms with E-state index in [1.54, 1.807) is 0 Å². The number of ether oxygens (including phenoxy) is 1. The van der Waals surface area contributed by atoms with Gasteiger partial charge < -0.3 is 9.64 Å². The lowest BCUT2D eigenvalue weighted by Crippen LogP contribution is -2.40.